The Morgan fingerprint density at radius 2 is 1.57 bits per heavy atom. The molecule has 0 bridgehead atoms. The average molecular weight is 378 g/mol. The van der Waals surface area contributed by atoms with Gasteiger partial charge in [-0.25, -0.2) is 5.10 Å². The zero-order valence-corrected chi connectivity index (χ0v) is 16.4. The number of H-pyrrole nitrogens is 1. The molecule has 0 radical (unpaired) electrons. The van der Waals surface area contributed by atoms with Crippen molar-refractivity contribution in [2.45, 2.75) is 20.4 Å². The maximum atomic E-state index is 13.4. The van der Waals surface area contributed by atoms with Gasteiger partial charge in [-0.2, -0.15) is 5.10 Å². The molecule has 0 saturated carbocycles. The van der Waals surface area contributed by atoms with E-state index in [-0.39, 0.29) is 17.2 Å². The number of aromatic amines is 1. The molecule has 2 aromatic carbocycles. The molecule has 0 aliphatic carbocycles. The van der Waals surface area contributed by atoms with Crippen LogP contribution < -0.4 is 5.56 Å². The fourth-order valence-corrected chi connectivity index (χ4v) is 3.29. The number of carbonyl (C=O) groups is 1. The largest absolute Gasteiger partial charge is 0.332 e. The van der Waals surface area contributed by atoms with Crippen molar-refractivity contribution >= 4 is 16.7 Å². The molecule has 1 aromatic heterocycles. The van der Waals surface area contributed by atoms with Crippen LogP contribution in [0, 0.1) is 0 Å². The van der Waals surface area contributed by atoms with Crippen LogP contribution >= 0.6 is 0 Å². The van der Waals surface area contributed by atoms with Crippen LogP contribution in [0.2, 0.25) is 0 Å². The van der Waals surface area contributed by atoms with Gasteiger partial charge in [-0.1, -0.05) is 62.4 Å². The molecule has 28 heavy (non-hydrogen) atoms. The number of fused-ring (bicyclic) bond motifs is 1. The lowest BCUT2D eigenvalue weighted by Gasteiger charge is -2.26. The Morgan fingerprint density at radius 3 is 2.25 bits per heavy atom. The molecule has 0 spiro atoms. The Labute approximate surface area is 164 Å². The van der Waals surface area contributed by atoms with Crippen LogP contribution in [0.1, 0.15) is 29.9 Å². The second-order valence-electron chi connectivity index (χ2n) is 6.69. The average Bonchev–Trinajstić information content (AvgIpc) is 2.74. The van der Waals surface area contributed by atoms with E-state index in [9.17, 15) is 9.59 Å². The first kappa shape index (κ1) is 19.8. The summed E-state index contributed by atoms with van der Waals surface area (Å²) in [6.45, 7) is 7.97. The number of likely N-dealkylation sites (N-methyl/N-ethyl adjacent to an activating group) is 1. The third-order valence-corrected chi connectivity index (χ3v) is 4.98. The molecule has 146 valence electrons. The zero-order chi connectivity index (χ0) is 19.9. The van der Waals surface area contributed by atoms with Crippen LogP contribution in [0.15, 0.2) is 59.4 Å². The van der Waals surface area contributed by atoms with Crippen molar-refractivity contribution in [2.24, 2.45) is 0 Å². The molecular weight excluding hydrogens is 352 g/mol. The third kappa shape index (κ3) is 4.46. The lowest BCUT2D eigenvalue weighted by Crippen LogP contribution is -2.39. The highest BCUT2D eigenvalue weighted by molar-refractivity contribution is 6.04. The van der Waals surface area contributed by atoms with Gasteiger partial charge in [0.2, 0.25) is 0 Å². The standard InChI is InChI=1S/C22H26N4O2/c1-3-25(4-2)14-15-26(16-17-10-6-5-7-11-17)22(28)20-18-12-8-9-13-19(18)21(27)24-23-20/h5-13H,3-4,14-16H2,1-2H3,(H,24,27). The van der Waals surface area contributed by atoms with E-state index < -0.39 is 0 Å². The van der Waals surface area contributed by atoms with Crippen molar-refractivity contribution in [1.29, 1.82) is 0 Å². The molecular formula is C22H26N4O2. The van der Waals surface area contributed by atoms with Gasteiger partial charge in [-0.05, 0) is 24.7 Å². The van der Waals surface area contributed by atoms with Gasteiger partial charge in [-0.3, -0.25) is 9.59 Å². The summed E-state index contributed by atoms with van der Waals surface area (Å²) in [6.07, 6.45) is 0. The highest BCUT2D eigenvalue weighted by Gasteiger charge is 2.21. The van der Waals surface area contributed by atoms with Crippen molar-refractivity contribution in [3.05, 3.63) is 76.2 Å². The van der Waals surface area contributed by atoms with Gasteiger partial charge >= 0.3 is 0 Å². The van der Waals surface area contributed by atoms with Gasteiger partial charge in [0.1, 0.15) is 0 Å². The topological polar surface area (TPSA) is 69.3 Å². The molecule has 3 rings (SSSR count). The van der Waals surface area contributed by atoms with Gasteiger partial charge in [0.25, 0.3) is 11.5 Å². The predicted octanol–water partition coefficient (Wildman–Crippen LogP) is 2.91. The fraction of sp³-hybridized carbons (Fsp3) is 0.318. The first-order chi connectivity index (χ1) is 13.6. The summed E-state index contributed by atoms with van der Waals surface area (Å²) in [7, 11) is 0. The van der Waals surface area contributed by atoms with E-state index in [4.69, 9.17) is 0 Å². The summed E-state index contributed by atoms with van der Waals surface area (Å²) < 4.78 is 0. The Morgan fingerprint density at radius 1 is 0.929 bits per heavy atom. The van der Waals surface area contributed by atoms with E-state index in [1.54, 1.807) is 23.1 Å². The lowest BCUT2D eigenvalue weighted by molar-refractivity contribution is 0.0719. The zero-order valence-electron chi connectivity index (χ0n) is 16.4. The van der Waals surface area contributed by atoms with Gasteiger partial charge < -0.3 is 9.80 Å². The molecule has 0 atom stereocenters. The number of benzene rings is 2. The molecule has 6 heteroatoms. The van der Waals surface area contributed by atoms with Crippen molar-refractivity contribution < 1.29 is 4.79 Å². The predicted molar refractivity (Wildman–Crippen MR) is 111 cm³/mol. The third-order valence-electron chi connectivity index (χ3n) is 4.98. The van der Waals surface area contributed by atoms with Gasteiger partial charge in [0, 0.05) is 25.0 Å². The number of carbonyl (C=O) groups excluding carboxylic acids is 1. The summed E-state index contributed by atoms with van der Waals surface area (Å²) in [5.74, 6) is -0.177. The van der Waals surface area contributed by atoms with Crippen LogP contribution in [0.25, 0.3) is 10.8 Å². The van der Waals surface area contributed by atoms with Gasteiger partial charge in [-0.15, -0.1) is 0 Å². The highest BCUT2D eigenvalue weighted by Crippen LogP contribution is 2.16. The number of hydrogen-bond donors (Lipinski definition) is 1. The van der Waals surface area contributed by atoms with E-state index in [1.165, 1.54) is 0 Å². The Kier molecular flexibility index (Phi) is 6.55. The van der Waals surface area contributed by atoms with Crippen LogP contribution in [0.5, 0.6) is 0 Å². The van der Waals surface area contributed by atoms with E-state index in [2.05, 4.69) is 28.9 Å². The van der Waals surface area contributed by atoms with Gasteiger partial charge in [0.15, 0.2) is 5.69 Å². The maximum Gasteiger partial charge on any atom is 0.275 e. The molecule has 1 heterocycles. The van der Waals surface area contributed by atoms with E-state index in [0.717, 1.165) is 25.2 Å². The number of hydrogen-bond acceptors (Lipinski definition) is 4. The number of nitrogens with zero attached hydrogens (tertiary/aromatic N) is 3. The number of nitrogens with one attached hydrogen (secondary N) is 1. The van der Waals surface area contributed by atoms with Crippen molar-refractivity contribution in [2.75, 3.05) is 26.2 Å². The quantitative estimate of drug-likeness (QED) is 0.654. The summed E-state index contributed by atoms with van der Waals surface area (Å²) >= 11 is 0. The minimum Gasteiger partial charge on any atom is -0.332 e. The number of amides is 1. The summed E-state index contributed by atoms with van der Waals surface area (Å²) in [5, 5.41) is 7.62. The smallest absolute Gasteiger partial charge is 0.275 e. The minimum atomic E-state index is -0.287. The van der Waals surface area contributed by atoms with E-state index in [0.29, 0.717) is 23.9 Å². The molecule has 0 saturated heterocycles. The second-order valence-corrected chi connectivity index (χ2v) is 6.69. The SMILES string of the molecule is CCN(CC)CCN(Cc1ccccc1)C(=O)c1n[nH]c(=O)c2ccccc12. The molecule has 1 amide bonds. The van der Waals surface area contributed by atoms with Crippen LogP contribution in [-0.4, -0.2) is 52.1 Å². The second kappa shape index (κ2) is 9.28. The monoisotopic (exact) mass is 378 g/mol. The Hall–Kier alpha value is -2.99. The van der Waals surface area contributed by atoms with Crippen molar-refractivity contribution in [3.63, 3.8) is 0 Å². The molecule has 6 nitrogen and oxygen atoms in total. The number of aromatic nitrogens is 2. The van der Waals surface area contributed by atoms with Crippen LogP contribution in [-0.2, 0) is 6.54 Å². The summed E-state index contributed by atoms with van der Waals surface area (Å²) in [6, 6.07) is 17.0. The first-order valence-corrected chi connectivity index (χ1v) is 9.67. The van der Waals surface area contributed by atoms with E-state index >= 15 is 0 Å². The summed E-state index contributed by atoms with van der Waals surface area (Å²) in [5.41, 5.74) is 1.06. The molecule has 0 fully saturated rings. The van der Waals surface area contributed by atoms with Gasteiger partial charge in [0.05, 0.1) is 5.39 Å². The number of rotatable bonds is 8. The van der Waals surface area contributed by atoms with Crippen LogP contribution in [0.4, 0.5) is 0 Å². The normalized spacial score (nSPS) is 11.1. The minimum absolute atomic E-state index is 0.177. The molecule has 1 N–H and O–H groups in total. The fourth-order valence-electron chi connectivity index (χ4n) is 3.29. The molecule has 0 unspecified atom stereocenters. The molecule has 0 aliphatic heterocycles. The van der Waals surface area contributed by atoms with Crippen molar-refractivity contribution in [3.8, 4) is 0 Å². The van der Waals surface area contributed by atoms with E-state index in [1.807, 2.05) is 36.4 Å². The highest BCUT2D eigenvalue weighted by atomic mass is 16.2. The Balaban J connectivity index is 1.94. The molecule has 0 aliphatic rings. The molecule has 3 aromatic rings. The summed E-state index contributed by atoms with van der Waals surface area (Å²) in [4.78, 5) is 29.5. The van der Waals surface area contributed by atoms with Crippen molar-refractivity contribution in [1.82, 2.24) is 20.0 Å². The first-order valence-electron chi connectivity index (χ1n) is 9.67. The maximum absolute atomic E-state index is 13.4. The Bertz CT molecular complexity index is 980. The van der Waals surface area contributed by atoms with Crippen LogP contribution in [0.3, 0.4) is 0 Å². The lowest BCUT2D eigenvalue weighted by atomic mass is 10.1.